The topological polar surface area (TPSA) is 17.1 Å². The molecule has 0 aromatic carbocycles. The number of hydrogen-bond acceptors (Lipinski definition) is 1. The highest BCUT2D eigenvalue weighted by molar-refractivity contribution is 5.53. The van der Waals surface area contributed by atoms with Crippen LogP contribution in [0.2, 0.25) is 0 Å². The fraction of sp³-hybridized carbons (Fsp3) is 0.885. The second-order valence-corrected chi connectivity index (χ2v) is 10.2. The molecule has 0 aromatic rings. The molecule has 3 aliphatic rings. The molecule has 0 aliphatic heterocycles. The largest absolute Gasteiger partial charge is 0.303 e. The summed E-state index contributed by atoms with van der Waals surface area (Å²) in [4.78, 5) is 10.8. The van der Waals surface area contributed by atoms with Crippen molar-refractivity contribution in [1.29, 1.82) is 0 Å². The van der Waals surface area contributed by atoms with Gasteiger partial charge in [-0.25, -0.2) is 0 Å². The summed E-state index contributed by atoms with van der Waals surface area (Å²) in [6.07, 6.45) is 28.5. The van der Waals surface area contributed by atoms with Gasteiger partial charge in [-0.1, -0.05) is 57.6 Å². The third-order valence-corrected chi connectivity index (χ3v) is 8.31. The van der Waals surface area contributed by atoms with E-state index in [0.29, 0.717) is 5.92 Å². The standard InChI is InChI=1S/C26H44O/c1-2-5-21-12-16-25(17-13-21)26-18-14-23(15-19-26)7-4-3-6-22-8-10-24(20-27)11-9-22/h3,6,20-26H,2,4-5,7-19H2,1H3/b6-3+/t21-,22?,23?,24?,25-,26?. The highest BCUT2D eigenvalue weighted by Crippen LogP contribution is 2.43. The predicted molar refractivity (Wildman–Crippen MR) is 116 cm³/mol. The number of aldehydes is 1. The van der Waals surface area contributed by atoms with Crippen molar-refractivity contribution >= 4 is 6.29 Å². The van der Waals surface area contributed by atoms with E-state index in [0.717, 1.165) is 42.4 Å². The zero-order valence-electron chi connectivity index (χ0n) is 17.9. The van der Waals surface area contributed by atoms with Gasteiger partial charge in [0.05, 0.1) is 0 Å². The Kier molecular flexibility index (Phi) is 8.94. The van der Waals surface area contributed by atoms with Crippen LogP contribution in [0.1, 0.15) is 110 Å². The molecule has 0 unspecified atom stereocenters. The molecular formula is C26H44O. The Morgan fingerprint density at radius 2 is 1.19 bits per heavy atom. The summed E-state index contributed by atoms with van der Waals surface area (Å²) in [7, 11) is 0. The van der Waals surface area contributed by atoms with Crippen LogP contribution in [0.15, 0.2) is 12.2 Å². The maximum atomic E-state index is 10.8. The van der Waals surface area contributed by atoms with Crippen LogP contribution in [0.25, 0.3) is 0 Å². The van der Waals surface area contributed by atoms with Gasteiger partial charge in [0, 0.05) is 5.92 Å². The molecule has 3 rings (SSSR count). The van der Waals surface area contributed by atoms with Crippen LogP contribution in [-0.2, 0) is 4.79 Å². The maximum absolute atomic E-state index is 10.8. The average Bonchev–Trinajstić information content (AvgIpc) is 2.73. The molecule has 0 aromatic heterocycles. The minimum absolute atomic E-state index is 0.353. The van der Waals surface area contributed by atoms with Gasteiger partial charge >= 0.3 is 0 Å². The molecule has 0 radical (unpaired) electrons. The third kappa shape index (κ3) is 6.75. The van der Waals surface area contributed by atoms with Crippen molar-refractivity contribution in [3.8, 4) is 0 Å². The van der Waals surface area contributed by atoms with Gasteiger partial charge in [0.2, 0.25) is 0 Å². The lowest BCUT2D eigenvalue weighted by molar-refractivity contribution is -0.112. The molecule has 3 saturated carbocycles. The van der Waals surface area contributed by atoms with Crippen molar-refractivity contribution in [2.75, 3.05) is 0 Å². The predicted octanol–water partition coefficient (Wildman–Crippen LogP) is 7.74. The highest BCUT2D eigenvalue weighted by atomic mass is 16.1. The van der Waals surface area contributed by atoms with Gasteiger partial charge in [-0.2, -0.15) is 0 Å². The summed E-state index contributed by atoms with van der Waals surface area (Å²) in [6.45, 7) is 2.35. The Morgan fingerprint density at radius 3 is 1.70 bits per heavy atom. The van der Waals surface area contributed by atoms with E-state index in [9.17, 15) is 4.79 Å². The van der Waals surface area contributed by atoms with Crippen LogP contribution in [0.5, 0.6) is 0 Å². The smallest absolute Gasteiger partial charge is 0.123 e. The molecule has 3 aliphatic carbocycles. The van der Waals surface area contributed by atoms with E-state index >= 15 is 0 Å². The number of hydrogen-bond donors (Lipinski definition) is 0. The first kappa shape index (κ1) is 21.1. The average molecular weight is 373 g/mol. The first-order valence-corrected chi connectivity index (χ1v) is 12.4. The first-order valence-electron chi connectivity index (χ1n) is 12.4. The normalized spacial score (nSPS) is 38.1. The molecule has 0 atom stereocenters. The van der Waals surface area contributed by atoms with Gasteiger partial charge in [0.1, 0.15) is 6.29 Å². The number of rotatable bonds is 8. The van der Waals surface area contributed by atoms with Crippen molar-refractivity contribution < 1.29 is 4.79 Å². The van der Waals surface area contributed by atoms with E-state index in [1.807, 2.05) is 0 Å². The van der Waals surface area contributed by atoms with E-state index in [1.165, 1.54) is 96.2 Å². The SMILES string of the molecule is CCC[C@H]1CC[C@H](C2CCC(CC/C=C/C3CCC(C=O)CC3)CC2)CC1. The Morgan fingerprint density at radius 1 is 0.667 bits per heavy atom. The second kappa shape index (κ2) is 11.4. The van der Waals surface area contributed by atoms with Gasteiger partial charge in [0.15, 0.2) is 0 Å². The summed E-state index contributed by atoms with van der Waals surface area (Å²) >= 11 is 0. The fourth-order valence-corrected chi connectivity index (χ4v) is 6.40. The summed E-state index contributed by atoms with van der Waals surface area (Å²) < 4.78 is 0. The zero-order chi connectivity index (χ0) is 18.9. The van der Waals surface area contributed by atoms with E-state index in [4.69, 9.17) is 0 Å². The third-order valence-electron chi connectivity index (χ3n) is 8.31. The minimum Gasteiger partial charge on any atom is -0.303 e. The van der Waals surface area contributed by atoms with Crippen LogP contribution < -0.4 is 0 Å². The van der Waals surface area contributed by atoms with E-state index < -0.39 is 0 Å². The summed E-state index contributed by atoms with van der Waals surface area (Å²) in [6, 6.07) is 0. The van der Waals surface area contributed by atoms with Gasteiger partial charge in [-0.3, -0.25) is 0 Å². The van der Waals surface area contributed by atoms with Crippen molar-refractivity contribution in [3.05, 3.63) is 12.2 Å². The molecule has 0 bridgehead atoms. The number of allylic oxidation sites excluding steroid dienone is 2. The Hall–Kier alpha value is -0.590. The van der Waals surface area contributed by atoms with Crippen LogP contribution in [-0.4, -0.2) is 6.29 Å². The molecule has 0 saturated heterocycles. The van der Waals surface area contributed by atoms with Gasteiger partial charge in [-0.05, 0) is 93.8 Å². The van der Waals surface area contributed by atoms with E-state index in [-0.39, 0.29) is 0 Å². The Bertz CT molecular complexity index is 429. The van der Waals surface area contributed by atoms with Crippen LogP contribution in [0.3, 0.4) is 0 Å². The Labute approximate surface area is 168 Å². The molecule has 27 heavy (non-hydrogen) atoms. The lowest BCUT2D eigenvalue weighted by Crippen LogP contribution is -2.25. The minimum atomic E-state index is 0.353. The molecule has 154 valence electrons. The Balaban J connectivity index is 1.27. The lowest BCUT2D eigenvalue weighted by atomic mass is 9.68. The van der Waals surface area contributed by atoms with Crippen molar-refractivity contribution in [1.82, 2.24) is 0 Å². The monoisotopic (exact) mass is 372 g/mol. The molecule has 0 heterocycles. The second-order valence-electron chi connectivity index (χ2n) is 10.2. The molecule has 0 N–H and O–H groups in total. The molecule has 3 fully saturated rings. The van der Waals surface area contributed by atoms with Crippen molar-refractivity contribution in [3.63, 3.8) is 0 Å². The fourth-order valence-electron chi connectivity index (χ4n) is 6.40. The number of carbonyl (C=O) groups excluding carboxylic acids is 1. The summed E-state index contributed by atoms with van der Waals surface area (Å²) in [5.41, 5.74) is 0. The zero-order valence-corrected chi connectivity index (χ0v) is 17.9. The first-order chi connectivity index (χ1) is 13.3. The van der Waals surface area contributed by atoms with Crippen molar-refractivity contribution in [2.45, 2.75) is 110 Å². The van der Waals surface area contributed by atoms with E-state index in [2.05, 4.69) is 19.1 Å². The van der Waals surface area contributed by atoms with Gasteiger partial charge in [0.25, 0.3) is 0 Å². The molecule has 1 nitrogen and oxygen atoms in total. The molecule has 1 heteroatoms. The number of carbonyl (C=O) groups is 1. The molecule has 0 spiro atoms. The van der Waals surface area contributed by atoms with Crippen LogP contribution >= 0.6 is 0 Å². The van der Waals surface area contributed by atoms with Gasteiger partial charge < -0.3 is 4.79 Å². The summed E-state index contributed by atoms with van der Waals surface area (Å²) in [5.74, 6) is 5.29. The van der Waals surface area contributed by atoms with Crippen molar-refractivity contribution in [2.24, 2.45) is 35.5 Å². The maximum Gasteiger partial charge on any atom is 0.123 e. The highest BCUT2D eigenvalue weighted by Gasteiger charge is 2.30. The van der Waals surface area contributed by atoms with Crippen LogP contribution in [0, 0.1) is 35.5 Å². The quantitative estimate of drug-likeness (QED) is 0.314. The lowest BCUT2D eigenvalue weighted by Gasteiger charge is -2.38. The molecular weight excluding hydrogens is 328 g/mol. The summed E-state index contributed by atoms with van der Waals surface area (Å²) in [5, 5.41) is 0. The van der Waals surface area contributed by atoms with Crippen LogP contribution in [0.4, 0.5) is 0 Å². The molecule has 0 amide bonds. The van der Waals surface area contributed by atoms with Gasteiger partial charge in [-0.15, -0.1) is 0 Å². The van der Waals surface area contributed by atoms with E-state index in [1.54, 1.807) is 0 Å².